The first-order valence-electron chi connectivity index (χ1n) is 10.5. The number of rotatable bonds is 9. The van der Waals surface area contributed by atoms with Gasteiger partial charge in [0, 0.05) is 11.1 Å². The quantitative estimate of drug-likeness (QED) is 0.396. The zero-order valence-electron chi connectivity index (χ0n) is 18.2. The Morgan fingerprint density at radius 2 is 1.53 bits per heavy atom. The van der Waals surface area contributed by atoms with Crippen molar-refractivity contribution >= 4 is 18.0 Å². The molecule has 3 aromatic carbocycles. The molecule has 0 aromatic heterocycles. The number of amides is 2. The maximum Gasteiger partial charge on any atom is 0.262 e. The van der Waals surface area contributed by atoms with E-state index in [0.29, 0.717) is 17.9 Å². The Morgan fingerprint density at radius 1 is 0.906 bits per heavy atom. The Hall–Kier alpha value is -3.93. The number of benzene rings is 3. The average molecular weight is 430 g/mol. The van der Waals surface area contributed by atoms with Gasteiger partial charge in [-0.3, -0.25) is 9.59 Å². The summed E-state index contributed by atoms with van der Waals surface area (Å²) in [5.41, 5.74) is 4.82. The van der Waals surface area contributed by atoms with E-state index >= 15 is 0 Å². The molecule has 2 amide bonds. The summed E-state index contributed by atoms with van der Waals surface area (Å²) in [4.78, 5) is 25.1. The van der Waals surface area contributed by atoms with E-state index in [1.165, 1.54) is 6.21 Å². The summed E-state index contributed by atoms with van der Waals surface area (Å²) >= 11 is 0. The largest absolute Gasteiger partial charge is 0.488 e. The van der Waals surface area contributed by atoms with Crippen molar-refractivity contribution in [2.45, 2.75) is 26.5 Å². The van der Waals surface area contributed by atoms with Gasteiger partial charge in [0.2, 0.25) is 0 Å². The summed E-state index contributed by atoms with van der Waals surface area (Å²) in [5, 5.41) is 6.87. The number of nitrogens with one attached hydrogen (secondary N) is 2. The van der Waals surface area contributed by atoms with Crippen LogP contribution in [0.3, 0.4) is 0 Å². The first-order chi connectivity index (χ1) is 15.5. The van der Waals surface area contributed by atoms with Crippen LogP contribution < -0.4 is 15.5 Å². The van der Waals surface area contributed by atoms with Crippen LogP contribution in [0.1, 0.15) is 35.3 Å². The molecule has 6 nitrogen and oxygen atoms in total. The molecule has 3 aromatic rings. The number of nitrogens with zero attached hydrogens (tertiary/aromatic N) is 1. The van der Waals surface area contributed by atoms with Crippen molar-refractivity contribution in [2.24, 2.45) is 11.0 Å². The number of ether oxygens (including phenoxy) is 1. The third-order valence-electron chi connectivity index (χ3n) is 4.81. The van der Waals surface area contributed by atoms with Gasteiger partial charge in [-0.2, -0.15) is 5.10 Å². The van der Waals surface area contributed by atoms with Gasteiger partial charge >= 0.3 is 0 Å². The zero-order chi connectivity index (χ0) is 22.8. The summed E-state index contributed by atoms with van der Waals surface area (Å²) in [5.74, 6) is -0.141. The second-order valence-corrected chi connectivity index (χ2v) is 7.61. The minimum absolute atomic E-state index is 0.112. The first kappa shape index (κ1) is 22.7. The molecular weight excluding hydrogens is 402 g/mol. The smallest absolute Gasteiger partial charge is 0.262 e. The van der Waals surface area contributed by atoms with Crippen molar-refractivity contribution in [3.8, 4) is 5.75 Å². The maximum atomic E-state index is 12.7. The van der Waals surface area contributed by atoms with Gasteiger partial charge in [-0.1, -0.05) is 74.5 Å². The lowest BCUT2D eigenvalue weighted by Gasteiger charge is -2.20. The Kier molecular flexibility index (Phi) is 8.15. The predicted molar refractivity (Wildman–Crippen MR) is 125 cm³/mol. The van der Waals surface area contributed by atoms with E-state index in [1.807, 2.05) is 74.5 Å². The molecule has 2 N–H and O–H groups in total. The molecule has 0 radical (unpaired) electrons. The van der Waals surface area contributed by atoms with Gasteiger partial charge in [-0.25, -0.2) is 5.43 Å². The Bertz CT molecular complexity index is 1050. The van der Waals surface area contributed by atoms with Crippen LogP contribution in [0.4, 0.5) is 0 Å². The standard InChI is InChI=1S/C26H27N3O3/c1-19(2)24(28-25(30)21-13-7-4-8-14-21)26(31)29-27-17-22-15-9-10-16-23(22)32-18-20-11-5-3-6-12-20/h3-17,19,24H,18H2,1-2H3,(H,28,30)(H,29,31)/b27-17+. The lowest BCUT2D eigenvalue weighted by Crippen LogP contribution is -2.48. The number of carbonyl (C=O) groups excluding carboxylic acids is 2. The molecule has 0 bridgehead atoms. The van der Waals surface area contributed by atoms with Crippen LogP contribution in [0, 0.1) is 5.92 Å². The zero-order valence-corrected chi connectivity index (χ0v) is 18.2. The fraction of sp³-hybridized carbons (Fsp3) is 0.192. The number of hydrazone groups is 1. The molecule has 0 aliphatic carbocycles. The highest BCUT2D eigenvalue weighted by atomic mass is 16.5. The van der Waals surface area contributed by atoms with Crippen LogP contribution in [0.2, 0.25) is 0 Å². The third kappa shape index (κ3) is 6.54. The van der Waals surface area contributed by atoms with E-state index in [0.717, 1.165) is 11.1 Å². The van der Waals surface area contributed by atoms with E-state index in [-0.39, 0.29) is 17.7 Å². The van der Waals surface area contributed by atoms with Crippen molar-refractivity contribution in [2.75, 3.05) is 0 Å². The molecule has 0 saturated heterocycles. The van der Waals surface area contributed by atoms with Crippen molar-refractivity contribution < 1.29 is 14.3 Å². The van der Waals surface area contributed by atoms with Gasteiger partial charge in [-0.15, -0.1) is 0 Å². The summed E-state index contributed by atoms with van der Waals surface area (Å²) < 4.78 is 5.91. The highest BCUT2D eigenvalue weighted by molar-refractivity contribution is 5.97. The van der Waals surface area contributed by atoms with Crippen LogP contribution >= 0.6 is 0 Å². The molecule has 3 rings (SSSR count). The van der Waals surface area contributed by atoms with Crippen molar-refractivity contribution in [1.29, 1.82) is 0 Å². The fourth-order valence-electron chi connectivity index (χ4n) is 3.04. The molecule has 0 spiro atoms. The lowest BCUT2D eigenvalue weighted by atomic mass is 10.0. The Balaban J connectivity index is 1.61. The van der Waals surface area contributed by atoms with E-state index in [4.69, 9.17) is 4.74 Å². The fourth-order valence-corrected chi connectivity index (χ4v) is 3.04. The normalized spacial score (nSPS) is 11.8. The van der Waals surface area contributed by atoms with E-state index < -0.39 is 6.04 Å². The first-order valence-corrected chi connectivity index (χ1v) is 10.5. The molecule has 0 aliphatic heterocycles. The molecule has 0 saturated carbocycles. The van der Waals surface area contributed by atoms with Crippen molar-refractivity contribution in [1.82, 2.24) is 10.7 Å². The van der Waals surface area contributed by atoms with Crippen LogP contribution in [-0.2, 0) is 11.4 Å². The molecule has 0 fully saturated rings. The van der Waals surface area contributed by atoms with Crippen LogP contribution in [0.25, 0.3) is 0 Å². The molecule has 6 heteroatoms. The molecule has 0 aliphatic rings. The van der Waals surface area contributed by atoms with Gasteiger partial charge in [0.1, 0.15) is 18.4 Å². The summed E-state index contributed by atoms with van der Waals surface area (Å²) in [7, 11) is 0. The van der Waals surface area contributed by atoms with E-state index in [9.17, 15) is 9.59 Å². The van der Waals surface area contributed by atoms with E-state index in [2.05, 4.69) is 15.8 Å². The van der Waals surface area contributed by atoms with Gasteiger partial charge in [-0.05, 0) is 35.7 Å². The van der Waals surface area contributed by atoms with Crippen LogP contribution in [0.15, 0.2) is 90.0 Å². The highest BCUT2D eigenvalue weighted by Crippen LogP contribution is 2.17. The minimum Gasteiger partial charge on any atom is -0.488 e. The molecule has 0 heterocycles. The average Bonchev–Trinajstić information content (AvgIpc) is 2.82. The second-order valence-electron chi connectivity index (χ2n) is 7.61. The van der Waals surface area contributed by atoms with Crippen molar-refractivity contribution in [3.05, 3.63) is 102 Å². The lowest BCUT2D eigenvalue weighted by molar-refractivity contribution is -0.123. The van der Waals surface area contributed by atoms with Gasteiger partial charge in [0.05, 0.1) is 6.21 Å². The maximum absolute atomic E-state index is 12.7. The van der Waals surface area contributed by atoms with Crippen molar-refractivity contribution in [3.63, 3.8) is 0 Å². The summed E-state index contributed by atoms with van der Waals surface area (Å²) in [6.45, 7) is 4.16. The highest BCUT2D eigenvalue weighted by Gasteiger charge is 2.24. The topological polar surface area (TPSA) is 79.8 Å². The molecule has 1 atom stereocenters. The monoisotopic (exact) mass is 429 g/mol. The summed E-state index contributed by atoms with van der Waals surface area (Å²) in [6.07, 6.45) is 1.54. The van der Waals surface area contributed by atoms with Gasteiger partial charge in [0.25, 0.3) is 11.8 Å². The number of hydrogen-bond acceptors (Lipinski definition) is 4. The molecule has 32 heavy (non-hydrogen) atoms. The number of carbonyl (C=O) groups is 2. The Morgan fingerprint density at radius 3 is 2.22 bits per heavy atom. The SMILES string of the molecule is CC(C)C(NC(=O)c1ccccc1)C(=O)N/N=C/c1ccccc1OCc1ccccc1. The minimum atomic E-state index is -0.718. The summed E-state index contributed by atoms with van der Waals surface area (Å²) in [6, 6.07) is 25.4. The van der Waals surface area contributed by atoms with Gasteiger partial charge in [0.15, 0.2) is 0 Å². The van der Waals surface area contributed by atoms with E-state index in [1.54, 1.807) is 24.3 Å². The van der Waals surface area contributed by atoms with Crippen LogP contribution in [0.5, 0.6) is 5.75 Å². The number of hydrogen-bond donors (Lipinski definition) is 2. The number of para-hydroxylation sites is 1. The van der Waals surface area contributed by atoms with Crippen LogP contribution in [-0.4, -0.2) is 24.1 Å². The third-order valence-corrected chi connectivity index (χ3v) is 4.81. The molecule has 1 unspecified atom stereocenters. The molecule has 164 valence electrons. The predicted octanol–water partition coefficient (Wildman–Crippen LogP) is 4.17. The second kappa shape index (κ2) is 11.5. The van der Waals surface area contributed by atoms with Gasteiger partial charge < -0.3 is 10.1 Å². The molecular formula is C26H27N3O3. The Labute approximate surface area is 188 Å².